The summed E-state index contributed by atoms with van der Waals surface area (Å²) in [5.74, 6) is 6.95. The van der Waals surface area contributed by atoms with Gasteiger partial charge in [-0.3, -0.25) is 0 Å². The molecule has 0 saturated heterocycles. The van der Waals surface area contributed by atoms with E-state index >= 15 is 0 Å². The standard InChI is InChI=1S/C15H16Cl2N4/c16-10-6-9(7-11(17)8-10)14-19-13-5-3-1-2-4-12(13)15(20-14)21-18/h6-8H,1-5,18H2,(H,19,20,21). The van der Waals surface area contributed by atoms with Gasteiger partial charge in [0, 0.05) is 26.9 Å². The second kappa shape index (κ2) is 6.18. The SMILES string of the molecule is NNc1nc(-c2cc(Cl)cc(Cl)c2)nc2c1CCCCC2. The zero-order valence-corrected chi connectivity index (χ0v) is 13.0. The molecule has 0 radical (unpaired) electrons. The van der Waals surface area contributed by atoms with E-state index < -0.39 is 0 Å². The van der Waals surface area contributed by atoms with E-state index in [-0.39, 0.29) is 0 Å². The minimum Gasteiger partial charge on any atom is -0.308 e. The minimum atomic E-state index is 0.568. The molecule has 3 N–H and O–H groups in total. The fourth-order valence-corrected chi connectivity index (χ4v) is 3.23. The number of nitrogens with two attached hydrogens (primary N) is 1. The molecular weight excluding hydrogens is 307 g/mol. The zero-order valence-electron chi connectivity index (χ0n) is 11.5. The first-order valence-electron chi connectivity index (χ1n) is 7.00. The van der Waals surface area contributed by atoms with Gasteiger partial charge in [-0.1, -0.05) is 29.6 Å². The van der Waals surface area contributed by atoms with Crippen molar-refractivity contribution >= 4 is 29.0 Å². The maximum atomic E-state index is 6.06. The van der Waals surface area contributed by atoms with Gasteiger partial charge in [0.1, 0.15) is 5.82 Å². The molecule has 3 rings (SSSR count). The number of hydrazine groups is 1. The summed E-state index contributed by atoms with van der Waals surface area (Å²) < 4.78 is 0. The number of aryl methyl sites for hydroxylation is 1. The van der Waals surface area contributed by atoms with Gasteiger partial charge in [-0.05, 0) is 43.9 Å². The highest BCUT2D eigenvalue weighted by molar-refractivity contribution is 6.35. The Hall–Kier alpha value is -1.36. The van der Waals surface area contributed by atoms with Gasteiger partial charge in [0.2, 0.25) is 0 Å². The van der Waals surface area contributed by atoms with Crippen LogP contribution in [-0.2, 0) is 12.8 Å². The summed E-state index contributed by atoms with van der Waals surface area (Å²) in [6.07, 6.45) is 5.41. The molecule has 1 aromatic carbocycles. The molecule has 0 bridgehead atoms. The monoisotopic (exact) mass is 322 g/mol. The van der Waals surface area contributed by atoms with Crippen LogP contribution in [0.2, 0.25) is 10.0 Å². The lowest BCUT2D eigenvalue weighted by Gasteiger charge is -2.13. The molecule has 0 aliphatic heterocycles. The van der Waals surface area contributed by atoms with Gasteiger partial charge in [-0.25, -0.2) is 15.8 Å². The van der Waals surface area contributed by atoms with Crippen LogP contribution in [0, 0.1) is 0 Å². The molecule has 1 aliphatic carbocycles. The number of fused-ring (bicyclic) bond motifs is 1. The summed E-state index contributed by atoms with van der Waals surface area (Å²) in [4.78, 5) is 9.24. The molecule has 0 spiro atoms. The average Bonchev–Trinajstić information content (AvgIpc) is 2.70. The average molecular weight is 323 g/mol. The number of halogens is 2. The first kappa shape index (κ1) is 14.6. The van der Waals surface area contributed by atoms with E-state index in [1.807, 2.05) is 12.1 Å². The van der Waals surface area contributed by atoms with E-state index in [1.165, 1.54) is 6.42 Å². The summed E-state index contributed by atoms with van der Waals surface area (Å²) in [6.45, 7) is 0. The Kier molecular flexibility index (Phi) is 4.29. The molecule has 0 fully saturated rings. The molecule has 21 heavy (non-hydrogen) atoms. The van der Waals surface area contributed by atoms with Gasteiger partial charge in [-0.15, -0.1) is 0 Å². The highest BCUT2D eigenvalue weighted by Gasteiger charge is 2.17. The summed E-state index contributed by atoms with van der Waals surface area (Å²) >= 11 is 12.1. The Labute approximate surface area is 133 Å². The largest absolute Gasteiger partial charge is 0.308 e. The Morgan fingerprint density at radius 1 is 0.952 bits per heavy atom. The maximum absolute atomic E-state index is 6.06. The van der Waals surface area contributed by atoms with Gasteiger partial charge in [0.05, 0.1) is 0 Å². The number of hydrogen-bond acceptors (Lipinski definition) is 4. The lowest BCUT2D eigenvalue weighted by molar-refractivity contribution is 0.709. The van der Waals surface area contributed by atoms with Crippen LogP contribution in [0.25, 0.3) is 11.4 Å². The van der Waals surface area contributed by atoms with Crippen LogP contribution in [-0.4, -0.2) is 9.97 Å². The first-order valence-corrected chi connectivity index (χ1v) is 7.76. The minimum absolute atomic E-state index is 0.568. The van der Waals surface area contributed by atoms with Crippen molar-refractivity contribution < 1.29 is 0 Å². The lowest BCUT2D eigenvalue weighted by atomic mass is 10.1. The van der Waals surface area contributed by atoms with Gasteiger partial charge < -0.3 is 5.43 Å². The Morgan fingerprint density at radius 2 is 1.67 bits per heavy atom. The van der Waals surface area contributed by atoms with Crippen molar-refractivity contribution in [1.29, 1.82) is 0 Å². The van der Waals surface area contributed by atoms with Crippen molar-refractivity contribution in [3.8, 4) is 11.4 Å². The number of nitrogen functional groups attached to an aromatic ring is 1. The number of anilines is 1. The van der Waals surface area contributed by atoms with E-state index in [2.05, 4.69) is 10.4 Å². The third-order valence-electron chi connectivity index (χ3n) is 3.69. The molecule has 0 unspecified atom stereocenters. The Morgan fingerprint density at radius 3 is 2.38 bits per heavy atom. The third kappa shape index (κ3) is 3.12. The Balaban J connectivity index is 2.13. The molecule has 4 nitrogen and oxygen atoms in total. The topological polar surface area (TPSA) is 63.8 Å². The van der Waals surface area contributed by atoms with Crippen LogP contribution in [0.5, 0.6) is 0 Å². The van der Waals surface area contributed by atoms with Crippen molar-refractivity contribution in [3.05, 3.63) is 39.5 Å². The highest BCUT2D eigenvalue weighted by atomic mass is 35.5. The van der Waals surface area contributed by atoms with Crippen LogP contribution in [0.1, 0.15) is 30.5 Å². The normalized spacial score (nSPS) is 14.4. The number of nitrogens with one attached hydrogen (secondary N) is 1. The van der Waals surface area contributed by atoms with Gasteiger partial charge >= 0.3 is 0 Å². The molecule has 1 heterocycles. The maximum Gasteiger partial charge on any atom is 0.161 e. The first-order chi connectivity index (χ1) is 10.2. The van der Waals surface area contributed by atoms with Gasteiger partial charge in [0.15, 0.2) is 5.82 Å². The molecule has 0 saturated carbocycles. The molecular formula is C15H16Cl2N4. The van der Waals surface area contributed by atoms with Crippen molar-refractivity contribution in [1.82, 2.24) is 9.97 Å². The van der Waals surface area contributed by atoms with Gasteiger partial charge in [0.25, 0.3) is 0 Å². The number of nitrogens with zero attached hydrogens (tertiary/aromatic N) is 2. The fourth-order valence-electron chi connectivity index (χ4n) is 2.70. The summed E-state index contributed by atoms with van der Waals surface area (Å²) in [7, 11) is 0. The van der Waals surface area contributed by atoms with Crippen LogP contribution < -0.4 is 11.3 Å². The van der Waals surface area contributed by atoms with E-state index in [0.717, 1.165) is 42.5 Å². The molecule has 1 aliphatic rings. The molecule has 1 aromatic heterocycles. The summed E-state index contributed by atoms with van der Waals surface area (Å²) in [5.41, 5.74) is 5.71. The fraction of sp³-hybridized carbons (Fsp3) is 0.333. The van der Waals surface area contributed by atoms with Crippen molar-refractivity contribution in [2.75, 3.05) is 5.43 Å². The predicted molar refractivity (Wildman–Crippen MR) is 86.6 cm³/mol. The molecule has 2 aromatic rings. The van der Waals surface area contributed by atoms with Crippen molar-refractivity contribution in [2.24, 2.45) is 5.84 Å². The quantitative estimate of drug-likeness (QED) is 0.498. The van der Waals surface area contributed by atoms with E-state index in [9.17, 15) is 0 Å². The van der Waals surface area contributed by atoms with Crippen LogP contribution >= 0.6 is 23.2 Å². The van der Waals surface area contributed by atoms with Crippen LogP contribution in [0.4, 0.5) is 5.82 Å². The molecule has 0 atom stereocenters. The zero-order chi connectivity index (χ0) is 14.8. The second-order valence-electron chi connectivity index (χ2n) is 5.18. The van der Waals surface area contributed by atoms with Crippen molar-refractivity contribution in [2.45, 2.75) is 32.1 Å². The van der Waals surface area contributed by atoms with E-state index in [1.54, 1.807) is 6.07 Å². The van der Waals surface area contributed by atoms with Gasteiger partial charge in [-0.2, -0.15) is 0 Å². The molecule has 110 valence electrons. The molecule has 6 heteroatoms. The number of rotatable bonds is 2. The van der Waals surface area contributed by atoms with Crippen LogP contribution in [0.3, 0.4) is 0 Å². The number of benzene rings is 1. The van der Waals surface area contributed by atoms with Crippen LogP contribution in [0.15, 0.2) is 18.2 Å². The highest BCUT2D eigenvalue weighted by Crippen LogP contribution is 2.30. The number of aromatic nitrogens is 2. The van der Waals surface area contributed by atoms with E-state index in [0.29, 0.717) is 21.7 Å². The summed E-state index contributed by atoms with van der Waals surface area (Å²) in [6, 6.07) is 5.32. The van der Waals surface area contributed by atoms with E-state index in [4.69, 9.17) is 34.0 Å². The Bertz CT molecular complexity index is 653. The predicted octanol–water partition coefficient (Wildman–Crippen LogP) is 4.00. The molecule has 0 amide bonds. The smallest absolute Gasteiger partial charge is 0.161 e. The lowest BCUT2D eigenvalue weighted by Crippen LogP contribution is -2.14. The summed E-state index contributed by atoms with van der Waals surface area (Å²) in [5, 5.41) is 1.14. The number of hydrogen-bond donors (Lipinski definition) is 2. The van der Waals surface area contributed by atoms with Crippen molar-refractivity contribution in [3.63, 3.8) is 0 Å². The third-order valence-corrected chi connectivity index (χ3v) is 4.13. The second-order valence-corrected chi connectivity index (χ2v) is 6.06.